The molecule has 11 atom stereocenters. The highest BCUT2D eigenvalue weighted by Crippen LogP contribution is 2.45. The van der Waals surface area contributed by atoms with Crippen LogP contribution < -0.4 is 26.2 Å². The summed E-state index contributed by atoms with van der Waals surface area (Å²) in [5.41, 5.74) is 1.83. The van der Waals surface area contributed by atoms with Gasteiger partial charge in [-0.2, -0.15) is 13.2 Å². The molecule has 2 aromatic rings. The zero-order chi connectivity index (χ0) is 50.2. The smallest absolute Gasteiger partial charge is 0.416 e. The van der Waals surface area contributed by atoms with Crippen LogP contribution in [0, 0.1) is 6.92 Å². The number of aryl methyl sites for hydroxylation is 1. The van der Waals surface area contributed by atoms with Gasteiger partial charge in [-0.05, 0) is 56.4 Å². The normalized spacial score (nSPS) is 22.8. The molecule has 0 aliphatic carbocycles. The molecule has 66 heavy (non-hydrogen) atoms. The average molecular weight is 977 g/mol. The number of aliphatic hydroxyl groups excluding tert-OH is 10. The second-order valence-corrected chi connectivity index (χ2v) is 17.2. The first-order valence-corrected chi connectivity index (χ1v) is 22.2. The molecule has 0 saturated carbocycles. The van der Waals surface area contributed by atoms with Crippen LogP contribution in [0.4, 0.5) is 18.0 Å². The lowest BCUT2D eigenvalue weighted by molar-refractivity contribution is -0.635. The Hall–Kier alpha value is -3.44. The van der Waals surface area contributed by atoms with Crippen molar-refractivity contribution in [2.75, 3.05) is 53.3 Å². The number of nitrogens with two attached hydrogens (primary N) is 1. The van der Waals surface area contributed by atoms with E-state index >= 15 is 0 Å². The van der Waals surface area contributed by atoms with Crippen LogP contribution in [-0.4, -0.2) is 176 Å². The van der Waals surface area contributed by atoms with Gasteiger partial charge in [0.05, 0.1) is 57.4 Å². The van der Waals surface area contributed by atoms with Crippen molar-refractivity contribution >= 4 is 19.8 Å². The van der Waals surface area contributed by atoms with Gasteiger partial charge in [0.1, 0.15) is 61.9 Å². The number of benzene rings is 2. The fourth-order valence-corrected chi connectivity index (χ4v) is 7.36. The number of carbonyl (C=O) groups excluding carboxylic acids is 2. The predicted octanol–water partition coefficient (Wildman–Crippen LogP) is -5.05. The van der Waals surface area contributed by atoms with Crippen molar-refractivity contribution in [3.8, 4) is 0 Å². The Balaban J connectivity index is 0.000000489. The molecule has 2 aliphatic heterocycles. The van der Waals surface area contributed by atoms with E-state index < -0.39 is 112 Å². The van der Waals surface area contributed by atoms with E-state index in [1.54, 1.807) is 62.6 Å². The van der Waals surface area contributed by atoms with Gasteiger partial charge < -0.3 is 95.8 Å². The number of hydrogen-bond acceptors (Lipinski definition) is 18. The molecule has 0 radical (unpaired) electrons. The highest BCUT2D eigenvalue weighted by atomic mass is 31.2. The van der Waals surface area contributed by atoms with E-state index in [1.807, 2.05) is 0 Å². The fraction of sp³-hybridized carbons (Fsp3) is 0.650. The summed E-state index contributed by atoms with van der Waals surface area (Å²) < 4.78 is 66.6. The number of carbonyl (C=O) groups is 2. The third-order valence-corrected chi connectivity index (χ3v) is 11.5. The maximum atomic E-state index is 13.5. The highest BCUT2D eigenvalue weighted by Gasteiger charge is 2.54. The second kappa shape index (κ2) is 26.4. The van der Waals surface area contributed by atoms with Gasteiger partial charge in [-0.25, -0.2) is 4.79 Å². The van der Waals surface area contributed by atoms with Gasteiger partial charge in [0.25, 0.3) is 0 Å². The van der Waals surface area contributed by atoms with Crippen LogP contribution in [0.25, 0.3) is 0 Å². The number of nitrogens with one attached hydrogen (secondary N) is 1. The Bertz CT molecular complexity index is 1830. The third-order valence-electron chi connectivity index (χ3n) is 11.0. The molecule has 2 heterocycles. The summed E-state index contributed by atoms with van der Waals surface area (Å²) in [7, 11) is -3.73. The lowest BCUT2D eigenvalue weighted by Gasteiger charge is -2.52. The minimum atomic E-state index is -5.43. The molecule has 378 valence electrons. The van der Waals surface area contributed by atoms with E-state index in [2.05, 4.69) is 15.6 Å². The number of nitrogens with zero attached hydrogens (tertiary/aromatic N) is 1. The number of quaternary nitrogens is 2. The molecule has 2 fully saturated rings. The van der Waals surface area contributed by atoms with Crippen molar-refractivity contribution in [2.24, 2.45) is 0 Å². The minimum absolute atomic E-state index is 0.0242. The molecule has 22 nitrogen and oxygen atoms in total. The molecule has 16 N–H and O–H groups in total. The van der Waals surface area contributed by atoms with Crippen LogP contribution in [-0.2, 0) is 35.1 Å². The molecule has 4 rings (SSSR count). The van der Waals surface area contributed by atoms with E-state index in [1.165, 1.54) is 4.90 Å². The number of alkyl halides is 3. The SMILES string of the molecule is C[NH2+]C[C@H](O)[C@@H](O)[C@H](O)[C@H](O)CO.Cc1cc([C@@H](C)OC[C@@]2(c3ccccc3)CC[C@]3(CCC(=O)N3)CN2C(=O)OCOP(=O)([O-])[O-])cc(C(F)(F)F)c1.[NH3+]C[C@H](O)[C@@H](O)[C@H](O)[C@H](O)CO. The monoisotopic (exact) mass is 976 g/mol. The van der Waals surface area contributed by atoms with Crippen molar-refractivity contribution < 1.29 is 113 Å². The topological polar surface area (TPSA) is 387 Å². The van der Waals surface area contributed by atoms with E-state index in [4.69, 9.17) is 50.3 Å². The lowest BCUT2D eigenvalue weighted by Crippen LogP contribution is -2.83. The van der Waals surface area contributed by atoms with Crippen molar-refractivity contribution in [1.82, 2.24) is 10.2 Å². The Morgan fingerprint density at radius 1 is 0.909 bits per heavy atom. The van der Waals surface area contributed by atoms with Gasteiger partial charge in [-0.15, -0.1) is 0 Å². The molecular weight excluding hydrogens is 912 g/mol. The molecule has 0 bridgehead atoms. The van der Waals surface area contributed by atoms with Crippen molar-refractivity contribution in [3.63, 3.8) is 0 Å². The standard InChI is InChI=1S/C27H32F3N2O8P.C7H17NO5.C6H15NO5/c1-18-12-20(14-22(13-18)27(28,29)30)19(2)38-16-26(21-6-4-3-5-7-21)11-10-25(9-8-23(33)31-25)15-32(26)24(34)39-17-40-41(35,36)37;1-8-2-4(10)6(12)7(13)5(11)3-9;7-1-3(9)5(11)6(12)4(10)2-8/h3-7,12-14,19H,8-11,15-17H2,1-2H3,(H,31,33)(H2,35,36,37);4-13H,2-3H2,1H3;3-6,8-12H,1-2,7H2/t19-,25-,26-;4-,5+,6+,7+;3-,4+,5+,6+/m100/s1. The number of aliphatic hydroxyl groups is 10. The number of hydrogen-bond donors (Lipinski definition) is 13. The first-order chi connectivity index (χ1) is 30.7. The summed E-state index contributed by atoms with van der Waals surface area (Å²) in [6.07, 6.45) is -16.2. The summed E-state index contributed by atoms with van der Waals surface area (Å²) >= 11 is 0. The van der Waals surface area contributed by atoms with Crippen molar-refractivity contribution in [2.45, 2.75) is 112 Å². The second-order valence-electron chi connectivity index (χ2n) is 16.0. The Labute approximate surface area is 378 Å². The molecule has 2 amide bonds. The van der Waals surface area contributed by atoms with Gasteiger partial charge in [0, 0.05) is 13.0 Å². The minimum Gasteiger partial charge on any atom is -0.790 e. The quantitative estimate of drug-likeness (QED) is 0.0463. The van der Waals surface area contributed by atoms with Gasteiger partial charge in [0.15, 0.2) is 6.79 Å². The number of piperidine rings is 1. The first kappa shape index (κ1) is 58.7. The van der Waals surface area contributed by atoms with Crippen molar-refractivity contribution in [1.29, 1.82) is 0 Å². The average Bonchev–Trinajstić information content (AvgIpc) is 3.65. The van der Waals surface area contributed by atoms with Gasteiger partial charge >= 0.3 is 12.3 Å². The van der Waals surface area contributed by atoms with Crippen LogP contribution in [0.15, 0.2) is 48.5 Å². The molecule has 1 spiro atoms. The van der Waals surface area contributed by atoms with Crippen LogP contribution in [0.2, 0.25) is 0 Å². The number of ether oxygens (including phenoxy) is 2. The number of rotatable bonds is 19. The van der Waals surface area contributed by atoms with E-state index in [0.29, 0.717) is 29.5 Å². The summed E-state index contributed by atoms with van der Waals surface area (Å²) in [4.78, 5) is 48.7. The van der Waals surface area contributed by atoms with Crippen LogP contribution in [0.3, 0.4) is 0 Å². The van der Waals surface area contributed by atoms with E-state index in [-0.39, 0.29) is 45.0 Å². The number of phosphoric ester groups is 1. The number of phosphoric acid groups is 1. The highest BCUT2D eigenvalue weighted by molar-refractivity contribution is 7.43. The van der Waals surface area contributed by atoms with Gasteiger partial charge in [0.2, 0.25) is 5.91 Å². The van der Waals surface area contributed by atoms with Gasteiger partial charge in [-0.3, -0.25) is 9.69 Å². The van der Waals surface area contributed by atoms with Crippen molar-refractivity contribution in [3.05, 3.63) is 70.8 Å². The molecule has 2 aromatic carbocycles. The summed E-state index contributed by atoms with van der Waals surface area (Å²) in [6, 6.07) is 12.4. The Kier molecular flexibility index (Phi) is 23.4. The maximum Gasteiger partial charge on any atom is 0.416 e. The zero-order valence-corrected chi connectivity index (χ0v) is 37.5. The fourth-order valence-electron chi connectivity index (χ4n) is 7.18. The number of likely N-dealkylation sites (N-methyl/N-ethyl adjacent to an activating group) is 1. The largest absolute Gasteiger partial charge is 0.790 e. The van der Waals surface area contributed by atoms with Crippen LogP contribution in [0.5, 0.6) is 0 Å². The number of amides is 2. The van der Waals surface area contributed by atoms with Gasteiger partial charge in [-0.1, -0.05) is 42.0 Å². The molecule has 26 heteroatoms. The summed E-state index contributed by atoms with van der Waals surface area (Å²) in [6.45, 7) is 0.732. The summed E-state index contributed by atoms with van der Waals surface area (Å²) in [5, 5.41) is 93.9. The Morgan fingerprint density at radius 3 is 1.95 bits per heavy atom. The third kappa shape index (κ3) is 17.3. The number of halogens is 3. The van der Waals surface area contributed by atoms with Crippen LogP contribution in [0.1, 0.15) is 61.0 Å². The molecule has 0 aromatic heterocycles. The molecule has 0 unspecified atom stereocenters. The molecular formula is C40H64F3N4O18P. The maximum absolute atomic E-state index is 13.5. The number of likely N-dealkylation sites (tertiary alicyclic amines) is 1. The van der Waals surface area contributed by atoms with E-state index in [0.717, 1.165) is 12.1 Å². The lowest BCUT2D eigenvalue weighted by atomic mass is 9.74. The molecule has 2 aliphatic rings. The predicted molar refractivity (Wildman–Crippen MR) is 217 cm³/mol. The Morgan fingerprint density at radius 2 is 1.47 bits per heavy atom. The summed E-state index contributed by atoms with van der Waals surface area (Å²) in [5.74, 6) is -0.183. The molecule has 2 saturated heterocycles. The van der Waals surface area contributed by atoms with E-state index in [9.17, 15) is 47.3 Å². The first-order valence-electron chi connectivity index (χ1n) is 20.7. The van der Waals surface area contributed by atoms with Crippen LogP contribution >= 0.6 is 7.82 Å². The zero-order valence-electron chi connectivity index (χ0n) is 36.6.